The summed E-state index contributed by atoms with van der Waals surface area (Å²) >= 11 is 0.838. The van der Waals surface area contributed by atoms with Gasteiger partial charge in [0.1, 0.15) is 4.90 Å². The van der Waals surface area contributed by atoms with Crippen LogP contribution in [0.1, 0.15) is 0 Å². The normalized spacial score (nSPS) is 11.2. The van der Waals surface area contributed by atoms with Gasteiger partial charge in [0.05, 0.1) is 0 Å². The van der Waals surface area contributed by atoms with E-state index in [0.29, 0.717) is 0 Å². The fraction of sp³-hybridized carbons (Fsp3) is 0. The first-order valence-electron chi connectivity index (χ1n) is 2.84. The molecular formula is C5H3ClO5S2. The molecule has 72 valence electrons. The van der Waals surface area contributed by atoms with Gasteiger partial charge in [-0.05, 0) is 11.4 Å². The van der Waals surface area contributed by atoms with Crippen molar-refractivity contribution in [3.05, 3.63) is 11.4 Å². The van der Waals surface area contributed by atoms with Gasteiger partial charge in [0, 0.05) is 10.7 Å². The van der Waals surface area contributed by atoms with Crippen LogP contribution in [0.15, 0.2) is 16.3 Å². The first-order valence-corrected chi connectivity index (χ1v) is 6.03. The zero-order chi connectivity index (χ0) is 10.1. The first kappa shape index (κ1) is 10.3. The maximum Gasteiger partial charge on any atom is 0.512 e. The average Bonchev–Trinajstić information content (AvgIpc) is 2.31. The van der Waals surface area contributed by atoms with Gasteiger partial charge in [-0.1, -0.05) is 0 Å². The van der Waals surface area contributed by atoms with Crippen LogP contribution in [0.2, 0.25) is 0 Å². The van der Waals surface area contributed by atoms with Gasteiger partial charge in [0.25, 0.3) is 9.05 Å². The van der Waals surface area contributed by atoms with Crippen LogP contribution < -0.4 is 4.74 Å². The summed E-state index contributed by atoms with van der Waals surface area (Å²) < 4.78 is 25.8. The monoisotopic (exact) mass is 242 g/mol. The van der Waals surface area contributed by atoms with Crippen LogP contribution >= 0.6 is 22.0 Å². The molecule has 1 aromatic rings. The second-order valence-electron chi connectivity index (χ2n) is 1.88. The highest BCUT2D eigenvalue weighted by Crippen LogP contribution is 2.32. The van der Waals surface area contributed by atoms with Gasteiger partial charge in [-0.3, -0.25) is 0 Å². The molecule has 1 aromatic heterocycles. The Balaban J connectivity index is 3.11. The number of hydrogen-bond donors (Lipinski definition) is 1. The van der Waals surface area contributed by atoms with E-state index in [2.05, 4.69) is 4.74 Å². The maximum atomic E-state index is 10.8. The van der Waals surface area contributed by atoms with Crippen molar-refractivity contribution in [1.82, 2.24) is 0 Å². The maximum absolute atomic E-state index is 10.8. The van der Waals surface area contributed by atoms with Gasteiger partial charge in [0.2, 0.25) is 5.06 Å². The zero-order valence-electron chi connectivity index (χ0n) is 5.93. The molecule has 0 aliphatic carbocycles. The summed E-state index contributed by atoms with van der Waals surface area (Å²) in [5.41, 5.74) is 0. The molecule has 5 nitrogen and oxygen atoms in total. The molecule has 0 amide bonds. The van der Waals surface area contributed by atoms with Gasteiger partial charge < -0.3 is 9.84 Å². The summed E-state index contributed by atoms with van der Waals surface area (Å²) in [6, 6.07) is 1.17. The van der Waals surface area contributed by atoms with E-state index < -0.39 is 15.2 Å². The van der Waals surface area contributed by atoms with Crippen molar-refractivity contribution in [2.45, 2.75) is 4.90 Å². The lowest BCUT2D eigenvalue weighted by molar-refractivity contribution is 0.145. The Hall–Kier alpha value is -0.790. The van der Waals surface area contributed by atoms with Crippen LogP contribution in [0.4, 0.5) is 4.79 Å². The van der Waals surface area contributed by atoms with Gasteiger partial charge in [-0.25, -0.2) is 13.2 Å². The average molecular weight is 243 g/mol. The Kier molecular flexibility index (Phi) is 2.79. The van der Waals surface area contributed by atoms with E-state index in [-0.39, 0.29) is 9.96 Å². The third-order valence-corrected chi connectivity index (χ3v) is 3.30. The molecule has 13 heavy (non-hydrogen) atoms. The van der Waals surface area contributed by atoms with Crippen LogP contribution in [-0.4, -0.2) is 19.7 Å². The summed E-state index contributed by atoms with van der Waals surface area (Å²) in [4.78, 5) is 9.76. The fourth-order valence-electron chi connectivity index (χ4n) is 0.618. The second kappa shape index (κ2) is 3.52. The van der Waals surface area contributed by atoms with Crippen molar-refractivity contribution in [3.63, 3.8) is 0 Å². The number of carboxylic acid groups (broad SMARTS) is 1. The highest BCUT2D eigenvalue weighted by molar-refractivity contribution is 8.14. The molecule has 0 fully saturated rings. The van der Waals surface area contributed by atoms with E-state index in [1.807, 2.05) is 0 Å². The zero-order valence-corrected chi connectivity index (χ0v) is 8.32. The standard InChI is InChI=1S/C5H3ClO5S2/c6-13(9,10)3-1-2-12-4(3)11-5(7)8/h1-2H,(H,7,8). The van der Waals surface area contributed by atoms with E-state index in [9.17, 15) is 13.2 Å². The Bertz CT molecular complexity index is 420. The molecule has 0 unspecified atom stereocenters. The van der Waals surface area contributed by atoms with Gasteiger partial charge in [0.15, 0.2) is 0 Å². The van der Waals surface area contributed by atoms with E-state index >= 15 is 0 Å². The molecule has 0 saturated carbocycles. The fourth-order valence-corrected chi connectivity index (χ4v) is 2.78. The van der Waals surface area contributed by atoms with E-state index in [4.69, 9.17) is 15.8 Å². The molecular weight excluding hydrogens is 240 g/mol. The summed E-state index contributed by atoms with van der Waals surface area (Å²) in [6.07, 6.45) is -1.58. The number of halogens is 1. The lowest BCUT2D eigenvalue weighted by Crippen LogP contribution is -2.03. The van der Waals surface area contributed by atoms with Crippen molar-refractivity contribution in [3.8, 4) is 5.06 Å². The van der Waals surface area contributed by atoms with Crippen molar-refractivity contribution in [1.29, 1.82) is 0 Å². The molecule has 1 N–H and O–H groups in total. The Morgan fingerprint density at radius 3 is 2.69 bits per heavy atom. The van der Waals surface area contributed by atoms with Gasteiger partial charge >= 0.3 is 6.16 Å². The molecule has 0 aliphatic heterocycles. The van der Waals surface area contributed by atoms with Crippen LogP contribution in [-0.2, 0) is 9.05 Å². The van der Waals surface area contributed by atoms with E-state index in [0.717, 1.165) is 11.3 Å². The predicted molar refractivity (Wildman–Crippen MR) is 46.0 cm³/mol. The summed E-state index contributed by atoms with van der Waals surface area (Å²) in [5, 5.41) is 9.34. The van der Waals surface area contributed by atoms with E-state index in [1.54, 1.807) is 0 Å². The van der Waals surface area contributed by atoms with Crippen molar-refractivity contribution in [2.75, 3.05) is 0 Å². The van der Waals surface area contributed by atoms with E-state index in [1.165, 1.54) is 11.4 Å². The molecule has 0 spiro atoms. The topological polar surface area (TPSA) is 80.7 Å². The molecule has 1 rings (SSSR count). The smallest absolute Gasteiger partial charge is 0.449 e. The minimum Gasteiger partial charge on any atom is -0.449 e. The first-order chi connectivity index (χ1) is 5.91. The third kappa shape index (κ3) is 2.58. The highest BCUT2D eigenvalue weighted by atomic mass is 35.7. The Morgan fingerprint density at radius 2 is 2.23 bits per heavy atom. The molecule has 0 saturated heterocycles. The molecule has 0 bridgehead atoms. The van der Waals surface area contributed by atoms with Gasteiger partial charge in [-0.2, -0.15) is 0 Å². The molecule has 0 aromatic carbocycles. The number of hydrogen-bond acceptors (Lipinski definition) is 5. The number of thiophene rings is 1. The minimum absolute atomic E-state index is 0.248. The number of rotatable bonds is 2. The molecule has 1 heterocycles. The summed E-state index contributed by atoms with van der Waals surface area (Å²) in [5.74, 6) is 0. The van der Waals surface area contributed by atoms with Crippen molar-refractivity contribution in [2.24, 2.45) is 0 Å². The number of carbonyl (C=O) groups is 1. The Labute approximate surface area is 81.9 Å². The van der Waals surface area contributed by atoms with Crippen LogP contribution in [0.5, 0.6) is 5.06 Å². The van der Waals surface area contributed by atoms with Crippen molar-refractivity contribution < 1.29 is 23.1 Å². The summed E-state index contributed by atoms with van der Waals surface area (Å²) in [6.45, 7) is 0. The lowest BCUT2D eigenvalue weighted by Gasteiger charge is -1.97. The van der Waals surface area contributed by atoms with Crippen LogP contribution in [0, 0.1) is 0 Å². The largest absolute Gasteiger partial charge is 0.512 e. The minimum atomic E-state index is -3.94. The predicted octanol–water partition coefficient (Wildman–Crippen LogP) is 1.73. The molecule has 0 radical (unpaired) electrons. The molecule has 0 atom stereocenters. The Morgan fingerprint density at radius 1 is 1.62 bits per heavy atom. The molecule has 0 aliphatic rings. The van der Waals surface area contributed by atoms with Crippen LogP contribution in [0.25, 0.3) is 0 Å². The van der Waals surface area contributed by atoms with Crippen LogP contribution in [0.3, 0.4) is 0 Å². The highest BCUT2D eigenvalue weighted by Gasteiger charge is 2.19. The van der Waals surface area contributed by atoms with Crippen molar-refractivity contribution >= 4 is 37.2 Å². The third-order valence-electron chi connectivity index (χ3n) is 1.04. The lowest BCUT2D eigenvalue weighted by atomic mass is 10.6. The van der Waals surface area contributed by atoms with Gasteiger partial charge in [-0.15, -0.1) is 11.3 Å². The summed E-state index contributed by atoms with van der Waals surface area (Å²) in [7, 11) is 1.05. The SMILES string of the molecule is O=C(O)Oc1sccc1S(=O)(=O)Cl. The second-order valence-corrected chi connectivity index (χ2v) is 5.29. The number of ether oxygens (including phenoxy) is 1. The quantitative estimate of drug-likeness (QED) is 0.631. The molecule has 8 heteroatoms.